The predicted octanol–water partition coefficient (Wildman–Crippen LogP) is 1.29. The van der Waals surface area contributed by atoms with Gasteiger partial charge in [-0.3, -0.25) is 4.90 Å². The highest BCUT2D eigenvalue weighted by Gasteiger charge is 2.44. The van der Waals surface area contributed by atoms with Gasteiger partial charge < -0.3 is 0 Å². The zero-order valence-corrected chi connectivity index (χ0v) is 7.92. The number of rotatable bonds is 0. The third kappa shape index (κ3) is 1.08. The van der Waals surface area contributed by atoms with E-state index >= 15 is 0 Å². The molecule has 1 fully saturated rings. The highest BCUT2D eigenvalue weighted by molar-refractivity contribution is 7.17. The van der Waals surface area contributed by atoms with Crippen LogP contribution in [-0.4, -0.2) is 35.9 Å². The fourth-order valence-electron chi connectivity index (χ4n) is 1.38. The van der Waals surface area contributed by atoms with Crippen LogP contribution < -0.4 is 0 Å². The lowest BCUT2D eigenvalue weighted by atomic mass is 10.0. The first kappa shape index (κ1) is 8.42. The quantitative estimate of drug-likeness (QED) is 0.486. The van der Waals surface area contributed by atoms with Gasteiger partial charge in [0.2, 0.25) is 0 Å². The smallest absolute Gasteiger partial charge is 0.125 e. The maximum atomic E-state index is 13.3. The van der Waals surface area contributed by atoms with Crippen LogP contribution in [0.25, 0.3) is 0 Å². The van der Waals surface area contributed by atoms with E-state index in [1.165, 1.54) is 0 Å². The zero-order chi connectivity index (χ0) is 7.94. The van der Waals surface area contributed by atoms with E-state index in [-0.39, 0.29) is 11.2 Å². The van der Waals surface area contributed by atoms with Gasteiger partial charge in [0, 0.05) is 17.7 Å². The van der Waals surface area contributed by atoms with E-state index in [9.17, 15) is 4.39 Å². The Balaban J connectivity index is 2.75. The molecule has 0 aromatic rings. The van der Waals surface area contributed by atoms with Crippen LogP contribution in [0.4, 0.5) is 4.39 Å². The highest BCUT2D eigenvalue weighted by Crippen LogP contribution is 2.33. The van der Waals surface area contributed by atoms with Gasteiger partial charge in [0.25, 0.3) is 0 Å². The molecule has 1 aliphatic rings. The molecule has 0 spiro atoms. The first-order chi connectivity index (χ1) is 4.46. The summed E-state index contributed by atoms with van der Waals surface area (Å²) in [5.74, 6) is 0. The zero-order valence-electron chi connectivity index (χ0n) is 6.76. The average molecular weight is 163 g/mol. The Morgan fingerprint density at radius 3 is 2.20 bits per heavy atom. The molecule has 3 unspecified atom stereocenters. The summed E-state index contributed by atoms with van der Waals surface area (Å²) in [5, 5.41) is 0. The van der Waals surface area contributed by atoms with Gasteiger partial charge in [-0.05, 0) is 20.9 Å². The monoisotopic (exact) mass is 163 g/mol. The van der Waals surface area contributed by atoms with Crippen molar-refractivity contribution < 1.29 is 4.39 Å². The molecule has 0 saturated carbocycles. The average Bonchev–Trinajstić information content (AvgIpc) is 1.97. The standard InChI is InChI=1S/C7H15FNP/c1-7(2)6(8)5(10)4-9(7)3/h5-6H,4,10H2,1-3H3. The van der Waals surface area contributed by atoms with Crippen LogP contribution in [0.2, 0.25) is 0 Å². The number of hydrogen-bond acceptors (Lipinski definition) is 1. The Morgan fingerprint density at radius 1 is 1.60 bits per heavy atom. The second kappa shape index (κ2) is 2.42. The molecular formula is C7H15FNP. The molecule has 1 aliphatic heterocycles. The van der Waals surface area contributed by atoms with Gasteiger partial charge in [-0.15, -0.1) is 9.24 Å². The van der Waals surface area contributed by atoms with Crippen LogP contribution in [0.15, 0.2) is 0 Å². The van der Waals surface area contributed by atoms with Gasteiger partial charge in [0.15, 0.2) is 0 Å². The summed E-state index contributed by atoms with van der Waals surface area (Å²) in [7, 11) is 4.53. The molecule has 1 nitrogen and oxygen atoms in total. The van der Waals surface area contributed by atoms with Crippen LogP contribution in [0.1, 0.15) is 13.8 Å². The largest absolute Gasteiger partial charge is 0.298 e. The van der Waals surface area contributed by atoms with Crippen LogP contribution in [0.5, 0.6) is 0 Å². The van der Waals surface area contributed by atoms with Crippen LogP contribution in [-0.2, 0) is 0 Å². The summed E-state index contributed by atoms with van der Waals surface area (Å²) in [4.78, 5) is 2.06. The molecule has 1 heterocycles. The highest BCUT2D eigenvalue weighted by atomic mass is 31.0. The van der Waals surface area contributed by atoms with E-state index in [1.807, 2.05) is 20.9 Å². The van der Waals surface area contributed by atoms with Crippen molar-refractivity contribution in [1.82, 2.24) is 4.90 Å². The maximum Gasteiger partial charge on any atom is 0.125 e. The minimum absolute atomic E-state index is 0.111. The molecule has 0 bridgehead atoms. The molecular weight excluding hydrogens is 148 g/mol. The van der Waals surface area contributed by atoms with Gasteiger partial charge >= 0.3 is 0 Å². The molecule has 0 radical (unpaired) electrons. The fraction of sp³-hybridized carbons (Fsp3) is 1.00. The van der Waals surface area contributed by atoms with Crippen molar-refractivity contribution >= 4 is 9.24 Å². The van der Waals surface area contributed by atoms with Crippen molar-refractivity contribution in [2.24, 2.45) is 0 Å². The topological polar surface area (TPSA) is 3.24 Å². The molecule has 0 aromatic heterocycles. The number of alkyl halides is 1. The molecule has 0 amide bonds. The Hall–Kier alpha value is 0.320. The third-order valence-corrected chi connectivity index (χ3v) is 3.07. The SMILES string of the molecule is CN1CC(P)C(F)C1(C)C. The van der Waals surface area contributed by atoms with E-state index in [0.717, 1.165) is 6.54 Å². The van der Waals surface area contributed by atoms with Gasteiger partial charge in [-0.1, -0.05) is 0 Å². The first-order valence-electron chi connectivity index (χ1n) is 3.57. The van der Waals surface area contributed by atoms with Crippen LogP contribution >= 0.6 is 9.24 Å². The summed E-state index contributed by atoms with van der Waals surface area (Å²) in [6.07, 6.45) is -0.706. The fourth-order valence-corrected chi connectivity index (χ4v) is 2.17. The Kier molecular flexibility index (Phi) is 2.04. The summed E-state index contributed by atoms with van der Waals surface area (Å²) >= 11 is 0. The Bertz CT molecular complexity index is 138. The minimum Gasteiger partial charge on any atom is -0.298 e. The summed E-state index contributed by atoms with van der Waals surface area (Å²) in [5.41, 5.74) is -0.160. The molecule has 3 heteroatoms. The van der Waals surface area contributed by atoms with E-state index in [1.54, 1.807) is 0 Å². The summed E-state index contributed by atoms with van der Waals surface area (Å²) in [6.45, 7) is 4.74. The Labute approximate surface area is 64.2 Å². The van der Waals surface area contributed by atoms with Gasteiger partial charge in [-0.2, -0.15) is 0 Å². The number of likely N-dealkylation sites (tertiary alicyclic amines) is 1. The second-order valence-electron chi connectivity index (χ2n) is 3.60. The maximum absolute atomic E-state index is 13.3. The lowest BCUT2D eigenvalue weighted by molar-refractivity contribution is 0.138. The van der Waals surface area contributed by atoms with Crippen molar-refractivity contribution in [3.8, 4) is 0 Å². The first-order valence-corrected chi connectivity index (χ1v) is 4.24. The van der Waals surface area contributed by atoms with Crippen molar-refractivity contribution in [2.75, 3.05) is 13.6 Å². The minimum atomic E-state index is -0.706. The van der Waals surface area contributed by atoms with E-state index in [2.05, 4.69) is 14.1 Å². The number of hydrogen-bond donors (Lipinski definition) is 0. The Morgan fingerprint density at radius 2 is 2.10 bits per heavy atom. The molecule has 1 saturated heterocycles. The summed E-state index contributed by atoms with van der Waals surface area (Å²) in [6, 6.07) is 0. The molecule has 0 aliphatic carbocycles. The lowest BCUT2D eigenvalue weighted by Gasteiger charge is -2.29. The van der Waals surface area contributed by atoms with Crippen molar-refractivity contribution in [3.05, 3.63) is 0 Å². The van der Waals surface area contributed by atoms with Crippen molar-refractivity contribution in [3.63, 3.8) is 0 Å². The van der Waals surface area contributed by atoms with Gasteiger partial charge in [0.1, 0.15) is 6.17 Å². The number of nitrogens with zero attached hydrogens (tertiary/aromatic N) is 1. The molecule has 1 rings (SSSR count). The van der Waals surface area contributed by atoms with E-state index < -0.39 is 6.17 Å². The third-order valence-electron chi connectivity index (χ3n) is 2.52. The number of halogens is 1. The summed E-state index contributed by atoms with van der Waals surface area (Å²) < 4.78 is 13.3. The predicted molar refractivity (Wildman–Crippen MR) is 45.1 cm³/mol. The van der Waals surface area contributed by atoms with Crippen LogP contribution in [0.3, 0.4) is 0 Å². The molecule has 60 valence electrons. The van der Waals surface area contributed by atoms with Gasteiger partial charge in [-0.25, -0.2) is 4.39 Å². The molecule has 10 heavy (non-hydrogen) atoms. The molecule has 0 aromatic carbocycles. The normalized spacial score (nSPS) is 40.5. The second-order valence-corrected chi connectivity index (χ2v) is 4.46. The molecule has 0 N–H and O–H groups in total. The lowest BCUT2D eigenvalue weighted by Crippen LogP contribution is -2.41. The van der Waals surface area contributed by atoms with Gasteiger partial charge in [0.05, 0.1) is 0 Å². The van der Waals surface area contributed by atoms with Crippen molar-refractivity contribution in [1.29, 1.82) is 0 Å². The van der Waals surface area contributed by atoms with E-state index in [0.29, 0.717) is 0 Å². The van der Waals surface area contributed by atoms with E-state index in [4.69, 9.17) is 0 Å². The van der Waals surface area contributed by atoms with Crippen molar-refractivity contribution in [2.45, 2.75) is 31.2 Å². The molecule has 3 atom stereocenters. The van der Waals surface area contributed by atoms with Crippen LogP contribution in [0, 0.1) is 0 Å².